The number of nitrogens with one attached hydrogen (secondary N) is 2. The highest BCUT2D eigenvalue weighted by atomic mass is 16.5. The molecule has 0 spiro atoms. The first-order valence-electron chi connectivity index (χ1n) is 8.55. The Balaban J connectivity index is 1.58. The fraction of sp³-hybridized carbons (Fsp3) is 0.286. The molecule has 0 saturated carbocycles. The summed E-state index contributed by atoms with van der Waals surface area (Å²) in [6.45, 7) is 1.95. The van der Waals surface area contributed by atoms with Crippen LogP contribution in [0.1, 0.15) is 11.1 Å². The van der Waals surface area contributed by atoms with Crippen molar-refractivity contribution in [3.63, 3.8) is 0 Å². The van der Waals surface area contributed by atoms with E-state index in [4.69, 9.17) is 4.74 Å². The second-order valence-electron chi connectivity index (χ2n) is 6.44. The molecule has 0 unspecified atom stereocenters. The molecule has 0 aliphatic carbocycles. The normalized spacial score (nSPS) is 15.6. The fourth-order valence-corrected chi connectivity index (χ4v) is 3.06. The van der Waals surface area contributed by atoms with Crippen molar-refractivity contribution in [2.75, 3.05) is 26.7 Å². The van der Waals surface area contributed by atoms with Gasteiger partial charge in [0.1, 0.15) is 5.75 Å². The molecule has 4 nitrogen and oxygen atoms in total. The molecule has 0 atom stereocenters. The number of carbonyl (C=O) groups is 1. The standard InChI is InChI=1S/C21H24N2O2/c1-25-19-11-5-9-18(13-19)14-21(15-22-16-21)20(24)23-12-6-10-17-7-3-2-4-8-17/h2-11,13,22H,12,14-16H2,1H3,(H,23,24)/b10-6+. The third kappa shape index (κ3) is 4.28. The lowest BCUT2D eigenvalue weighted by molar-refractivity contribution is -0.133. The molecule has 0 aromatic heterocycles. The Morgan fingerprint density at radius 1 is 1.20 bits per heavy atom. The van der Waals surface area contributed by atoms with Crippen LogP contribution in [-0.2, 0) is 11.2 Å². The smallest absolute Gasteiger partial charge is 0.229 e. The first-order valence-corrected chi connectivity index (χ1v) is 8.55. The molecule has 2 aromatic carbocycles. The van der Waals surface area contributed by atoms with E-state index in [0.717, 1.165) is 16.9 Å². The molecule has 4 heteroatoms. The van der Waals surface area contributed by atoms with E-state index < -0.39 is 0 Å². The van der Waals surface area contributed by atoms with E-state index in [1.165, 1.54) is 0 Å². The third-order valence-corrected chi connectivity index (χ3v) is 4.58. The van der Waals surface area contributed by atoms with Crippen molar-refractivity contribution in [3.05, 3.63) is 71.8 Å². The monoisotopic (exact) mass is 336 g/mol. The van der Waals surface area contributed by atoms with Gasteiger partial charge < -0.3 is 15.4 Å². The molecule has 0 bridgehead atoms. The number of hydrogen-bond donors (Lipinski definition) is 2. The average molecular weight is 336 g/mol. The molecule has 3 rings (SSSR count). The molecule has 1 saturated heterocycles. The van der Waals surface area contributed by atoms with Gasteiger partial charge in [-0.25, -0.2) is 0 Å². The predicted octanol–water partition coefficient (Wildman–Crippen LogP) is 2.66. The van der Waals surface area contributed by atoms with Gasteiger partial charge in [-0.15, -0.1) is 0 Å². The lowest BCUT2D eigenvalue weighted by atomic mass is 9.75. The molecule has 1 amide bonds. The van der Waals surface area contributed by atoms with Crippen molar-refractivity contribution in [1.29, 1.82) is 0 Å². The van der Waals surface area contributed by atoms with Crippen molar-refractivity contribution in [1.82, 2.24) is 10.6 Å². The number of rotatable bonds is 7. The maximum atomic E-state index is 12.7. The van der Waals surface area contributed by atoms with Crippen LogP contribution >= 0.6 is 0 Å². The minimum absolute atomic E-state index is 0.104. The number of carbonyl (C=O) groups excluding carboxylic acids is 1. The van der Waals surface area contributed by atoms with Crippen LogP contribution < -0.4 is 15.4 Å². The largest absolute Gasteiger partial charge is 0.497 e. The number of ether oxygens (including phenoxy) is 1. The molecule has 1 aliphatic rings. The number of amides is 1. The summed E-state index contributed by atoms with van der Waals surface area (Å²) in [4.78, 5) is 12.7. The minimum atomic E-state index is -0.368. The Labute approximate surface area is 148 Å². The van der Waals surface area contributed by atoms with E-state index in [2.05, 4.69) is 10.6 Å². The SMILES string of the molecule is COc1cccc(CC2(C(=O)NC/C=C/c3ccccc3)CNC2)c1. The van der Waals surface area contributed by atoms with Crippen LogP contribution in [0.3, 0.4) is 0 Å². The Hall–Kier alpha value is -2.59. The molecule has 1 fully saturated rings. The second kappa shape index (κ2) is 7.99. The summed E-state index contributed by atoms with van der Waals surface area (Å²) in [5, 5.41) is 6.29. The Morgan fingerprint density at radius 3 is 2.68 bits per heavy atom. The lowest BCUT2D eigenvalue weighted by Crippen LogP contribution is -2.62. The number of benzene rings is 2. The van der Waals surface area contributed by atoms with E-state index in [0.29, 0.717) is 26.1 Å². The maximum absolute atomic E-state index is 12.7. The highest BCUT2D eigenvalue weighted by Crippen LogP contribution is 2.29. The fourth-order valence-electron chi connectivity index (χ4n) is 3.06. The summed E-state index contributed by atoms with van der Waals surface area (Å²) in [5.41, 5.74) is 1.89. The Kier molecular flexibility index (Phi) is 5.51. The summed E-state index contributed by atoms with van der Waals surface area (Å²) in [7, 11) is 1.66. The zero-order valence-corrected chi connectivity index (χ0v) is 14.5. The van der Waals surface area contributed by atoms with Crippen molar-refractivity contribution in [2.24, 2.45) is 5.41 Å². The molecule has 0 radical (unpaired) electrons. The Bertz CT molecular complexity index is 737. The molecular weight excluding hydrogens is 312 g/mol. The summed E-state index contributed by atoms with van der Waals surface area (Å²) in [6.07, 6.45) is 4.72. The molecule has 2 N–H and O–H groups in total. The van der Waals surface area contributed by atoms with Gasteiger partial charge in [0.05, 0.1) is 12.5 Å². The van der Waals surface area contributed by atoms with Gasteiger partial charge in [0.25, 0.3) is 0 Å². The van der Waals surface area contributed by atoms with Crippen LogP contribution in [0.5, 0.6) is 5.75 Å². The first kappa shape index (κ1) is 17.2. The van der Waals surface area contributed by atoms with Crippen molar-refractivity contribution in [3.8, 4) is 5.75 Å². The third-order valence-electron chi connectivity index (χ3n) is 4.58. The van der Waals surface area contributed by atoms with Crippen LogP contribution in [0.15, 0.2) is 60.7 Å². The summed E-state index contributed by atoms with van der Waals surface area (Å²) in [5.74, 6) is 0.929. The zero-order valence-electron chi connectivity index (χ0n) is 14.5. The van der Waals surface area contributed by atoms with Gasteiger partial charge >= 0.3 is 0 Å². The highest BCUT2D eigenvalue weighted by molar-refractivity contribution is 5.84. The maximum Gasteiger partial charge on any atom is 0.229 e. The van der Waals surface area contributed by atoms with E-state index in [-0.39, 0.29) is 11.3 Å². The van der Waals surface area contributed by atoms with Crippen LogP contribution in [0, 0.1) is 5.41 Å². The van der Waals surface area contributed by atoms with E-state index in [1.807, 2.05) is 66.7 Å². The summed E-state index contributed by atoms with van der Waals surface area (Å²) >= 11 is 0. The van der Waals surface area contributed by atoms with Crippen LogP contribution in [0.4, 0.5) is 0 Å². The molecule has 1 aliphatic heterocycles. The zero-order chi connectivity index (χ0) is 17.5. The number of methoxy groups -OCH3 is 1. The van der Waals surface area contributed by atoms with Gasteiger partial charge in [-0.05, 0) is 29.7 Å². The topological polar surface area (TPSA) is 50.4 Å². The molecule has 130 valence electrons. The average Bonchev–Trinajstić information content (AvgIpc) is 2.62. The summed E-state index contributed by atoms with van der Waals surface area (Å²) in [6, 6.07) is 18.0. The van der Waals surface area contributed by atoms with Crippen molar-refractivity contribution < 1.29 is 9.53 Å². The van der Waals surface area contributed by atoms with E-state index in [9.17, 15) is 4.79 Å². The first-order chi connectivity index (χ1) is 12.2. The molecule has 25 heavy (non-hydrogen) atoms. The second-order valence-corrected chi connectivity index (χ2v) is 6.44. The van der Waals surface area contributed by atoms with Crippen LogP contribution in [0.2, 0.25) is 0 Å². The lowest BCUT2D eigenvalue weighted by Gasteiger charge is -2.41. The van der Waals surface area contributed by atoms with Crippen LogP contribution in [0.25, 0.3) is 6.08 Å². The quantitative estimate of drug-likeness (QED) is 0.817. The molecule has 2 aromatic rings. The van der Waals surface area contributed by atoms with Gasteiger partial charge in [0, 0.05) is 19.6 Å². The molecule has 1 heterocycles. The van der Waals surface area contributed by atoms with Crippen LogP contribution in [-0.4, -0.2) is 32.7 Å². The predicted molar refractivity (Wildman–Crippen MR) is 100 cm³/mol. The van der Waals surface area contributed by atoms with Gasteiger partial charge in [-0.1, -0.05) is 54.6 Å². The van der Waals surface area contributed by atoms with Gasteiger partial charge in [0.15, 0.2) is 0 Å². The number of hydrogen-bond acceptors (Lipinski definition) is 3. The van der Waals surface area contributed by atoms with Crippen molar-refractivity contribution >= 4 is 12.0 Å². The van der Waals surface area contributed by atoms with Gasteiger partial charge in [0.2, 0.25) is 5.91 Å². The highest BCUT2D eigenvalue weighted by Gasteiger charge is 2.43. The van der Waals surface area contributed by atoms with Crippen molar-refractivity contribution in [2.45, 2.75) is 6.42 Å². The molecular formula is C21H24N2O2. The summed E-state index contributed by atoms with van der Waals surface area (Å²) < 4.78 is 5.28. The van der Waals surface area contributed by atoms with E-state index >= 15 is 0 Å². The van der Waals surface area contributed by atoms with E-state index in [1.54, 1.807) is 7.11 Å². The minimum Gasteiger partial charge on any atom is -0.497 e. The van der Waals surface area contributed by atoms with Gasteiger partial charge in [-0.2, -0.15) is 0 Å². The Morgan fingerprint density at radius 2 is 2.00 bits per heavy atom. The van der Waals surface area contributed by atoms with Gasteiger partial charge in [-0.3, -0.25) is 4.79 Å².